The second kappa shape index (κ2) is 6.37. The number of carbonyl (C=O) groups is 1. The number of hydrogen-bond acceptors (Lipinski definition) is 4. The molecule has 1 aromatic rings. The molecule has 0 heterocycles. The van der Waals surface area contributed by atoms with Crippen molar-refractivity contribution in [2.75, 3.05) is 13.2 Å². The maximum absolute atomic E-state index is 11.7. The van der Waals surface area contributed by atoms with E-state index in [2.05, 4.69) is 12.2 Å². The summed E-state index contributed by atoms with van der Waals surface area (Å²) < 4.78 is 5.61. The largest absolute Gasteiger partial charge is 0.491 e. The molecule has 1 aliphatic rings. The van der Waals surface area contributed by atoms with E-state index in [0.717, 1.165) is 11.1 Å². The Labute approximate surface area is 120 Å². The van der Waals surface area contributed by atoms with Gasteiger partial charge in [0.2, 0.25) is 0 Å². The van der Waals surface area contributed by atoms with Gasteiger partial charge in [-0.3, -0.25) is 4.79 Å². The summed E-state index contributed by atoms with van der Waals surface area (Å²) in [5.74, 6) is 1.18. The van der Waals surface area contributed by atoms with Gasteiger partial charge in [0.15, 0.2) is 5.78 Å². The number of ether oxygens (including phenoxy) is 1. The third-order valence-corrected chi connectivity index (χ3v) is 3.55. The Morgan fingerprint density at radius 3 is 2.90 bits per heavy atom. The minimum absolute atomic E-state index is 0.209. The van der Waals surface area contributed by atoms with Crippen molar-refractivity contribution >= 4 is 5.78 Å². The molecule has 0 fully saturated rings. The predicted octanol–water partition coefficient (Wildman–Crippen LogP) is 2.11. The van der Waals surface area contributed by atoms with Crippen molar-refractivity contribution in [3.05, 3.63) is 29.3 Å². The van der Waals surface area contributed by atoms with Crippen LogP contribution in [0.1, 0.15) is 49.0 Å². The lowest BCUT2D eigenvalue weighted by molar-refractivity contribution is 0.0989. The Morgan fingerprint density at radius 2 is 2.20 bits per heavy atom. The average molecular weight is 277 g/mol. The third kappa shape index (κ3) is 3.58. The maximum atomic E-state index is 11.7. The lowest BCUT2D eigenvalue weighted by Crippen LogP contribution is -2.35. The van der Waals surface area contributed by atoms with Crippen molar-refractivity contribution in [1.82, 2.24) is 5.32 Å². The maximum Gasteiger partial charge on any atom is 0.163 e. The normalized spacial score (nSPS) is 19.2. The molecule has 110 valence electrons. The molecule has 0 amide bonds. The van der Waals surface area contributed by atoms with Crippen molar-refractivity contribution in [3.8, 4) is 5.75 Å². The fraction of sp³-hybridized carbons (Fsp3) is 0.562. The zero-order valence-corrected chi connectivity index (χ0v) is 12.3. The van der Waals surface area contributed by atoms with Gasteiger partial charge < -0.3 is 15.2 Å². The molecule has 2 unspecified atom stereocenters. The molecule has 2 N–H and O–H groups in total. The molecular formula is C16H23NO3. The number of aliphatic hydroxyl groups is 1. The van der Waals surface area contributed by atoms with Gasteiger partial charge in [0, 0.05) is 24.6 Å². The molecule has 0 saturated carbocycles. The van der Waals surface area contributed by atoms with Gasteiger partial charge >= 0.3 is 0 Å². The van der Waals surface area contributed by atoms with Crippen LogP contribution in [0.25, 0.3) is 0 Å². The van der Waals surface area contributed by atoms with Gasteiger partial charge in [-0.05, 0) is 29.7 Å². The fourth-order valence-corrected chi connectivity index (χ4v) is 2.41. The van der Waals surface area contributed by atoms with E-state index < -0.39 is 6.10 Å². The van der Waals surface area contributed by atoms with E-state index in [-0.39, 0.29) is 18.3 Å². The highest BCUT2D eigenvalue weighted by molar-refractivity contribution is 6.01. The minimum atomic E-state index is -0.537. The minimum Gasteiger partial charge on any atom is -0.491 e. The van der Waals surface area contributed by atoms with E-state index in [1.807, 2.05) is 26.0 Å². The Hall–Kier alpha value is -1.39. The zero-order chi connectivity index (χ0) is 14.7. The van der Waals surface area contributed by atoms with Crippen molar-refractivity contribution in [3.63, 3.8) is 0 Å². The van der Waals surface area contributed by atoms with Gasteiger partial charge in [-0.15, -0.1) is 0 Å². The van der Waals surface area contributed by atoms with Crippen molar-refractivity contribution in [1.29, 1.82) is 0 Å². The number of fused-ring (bicyclic) bond motifs is 1. The SMILES string of the molecule is CC(C)NCC(O)COc1ccc2c(c1)C(C)CC2=O. The molecule has 0 spiro atoms. The summed E-state index contributed by atoms with van der Waals surface area (Å²) in [6.45, 7) is 6.88. The van der Waals surface area contributed by atoms with Crippen LogP contribution in [0.15, 0.2) is 18.2 Å². The summed E-state index contributed by atoms with van der Waals surface area (Å²) in [6, 6.07) is 5.90. The monoisotopic (exact) mass is 277 g/mol. The lowest BCUT2D eigenvalue weighted by Gasteiger charge is -2.15. The molecule has 4 nitrogen and oxygen atoms in total. The van der Waals surface area contributed by atoms with Crippen LogP contribution >= 0.6 is 0 Å². The zero-order valence-electron chi connectivity index (χ0n) is 12.3. The van der Waals surface area contributed by atoms with Gasteiger partial charge in [0.1, 0.15) is 18.5 Å². The molecule has 0 radical (unpaired) electrons. The smallest absolute Gasteiger partial charge is 0.163 e. The Bertz CT molecular complexity index is 485. The van der Waals surface area contributed by atoms with E-state index in [0.29, 0.717) is 24.8 Å². The number of aliphatic hydroxyl groups excluding tert-OH is 1. The van der Waals surface area contributed by atoms with Gasteiger partial charge in [-0.1, -0.05) is 20.8 Å². The van der Waals surface area contributed by atoms with Crippen LogP contribution in [0.4, 0.5) is 0 Å². The average Bonchev–Trinajstić information content (AvgIpc) is 2.69. The predicted molar refractivity (Wildman–Crippen MR) is 78.4 cm³/mol. The molecular weight excluding hydrogens is 254 g/mol. The van der Waals surface area contributed by atoms with Crippen molar-refractivity contribution in [2.45, 2.75) is 45.3 Å². The Balaban J connectivity index is 1.91. The van der Waals surface area contributed by atoms with Crippen LogP contribution in [0.3, 0.4) is 0 Å². The molecule has 20 heavy (non-hydrogen) atoms. The van der Waals surface area contributed by atoms with E-state index in [4.69, 9.17) is 4.74 Å². The third-order valence-electron chi connectivity index (χ3n) is 3.55. The molecule has 0 aromatic heterocycles. The quantitative estimate of drug-likeness (QED) is 0.836. The number of carbonyl (C=O) groups excluding carboxylic acids is 1. The highest BCUT2D eigenvalue weighted by Crippen LogP contribution is 2.34. The van der Waals surface area contributed by atoms with E-state index >= 15 is 0 Å². The summed E-state index contributed by atoms with van der Waals surface area (Å²) in [4.78, 5) is 11.7. The molecule has 0 bridgehead atoms. The van der Waals surface area contributed by atoms with E-state index in [1.165, 1.54) is 0 Å². The first kappa shape index (κ1) is 15.0. The number of hydrogen-bond donors (Lipinski definition) is 2. The fourth-order valence-electron chi connectivity index (χ4n) is 2.41. The highest BCUT2D eigenvalue weighted by atomic mass is 16.5. The number of ketones is 1. The van der Waals surface area contributed by atoms with Crippen LogP contribution in [-0.4, -0.2) is 36.2 Å². The summed E-state index contributed by atoms with van der Waals surface area (Å²) in [6.07, 6.45) is 0.0458. The number of rotatable bonds is 6. The number of benzene rings is 1. The van der Waals surface area contributed by atoms with Crippen LogP contribution < -0.4 is 10.1 Å². The Kier molecular flexibility index (Phi) is 4.78. The van der Waals surface area contributed by atoms with Crippen LogP contribution in [0.5, 0.6) is 5.75 Å². The molecule has 1 aliphatic carbocycles. The summed E-state index contributed by atoms with van der Waals surface area (Å²) in [5, 5.41) is 13.0. The number of Topliss-reactive ketones (excluding diaryl/α,β-unsaturated/α-hetero) is 1. The molecule has 4 heteroatoms. The molecule has 0 aliphatic heterocycles. The van der Waals surface area contributed by atoms with Crippen LogP contribution in [-0.2, 0) is 0 Å². The van der Waals surface area contributed by atoms with Crippen molar-refractivity contribution < 1.29 is 14.6 Å². The summed E-state index contributed by atoms with van der Waals surface area (Å²) >= 11 is 0. The second-order valence-corrected chi connectivity index (χ2v) is 5.81. The van der Waals surface area contributed by atoms with Gasteiger partial charge in [-0.25, -0.2) is 0 Å². The molecule has 1 aromatic carbocycles. The van der Waals surface area contributed by atoms with Gasteiger partial charge in [0.05, 0.1) is 0 Å². The molecule has 2 rings (SSSR count). The topological polar surface area (TPSA) is 58.6 Å². The van der Waals surface area contributed by atoms with E-state index in [1.54, 1.807) is 6.07 Å². The van der Waals surface area contributed by atoms with Gasteiger partial charge in [-0.2, -0.15) is 0 Å². The first-order valence-corrected chi connectivity index (χ1v) is 7.18. The summed E-state index contributed by atoms with van der Waals surface area (Å²) in [7, 11) is 0. The van der Waals surface area contributed by atoms with E-state index in [9.17, 15) is 9.90 Å². The Morgan fingerprint density at radius 1 is 1.45 bits per heavy atom. The molecule has 2 atom stereocenters. The summed E-state index contributed by atoms with van der Waals surface area (Å²) in [5.41, 5.74) is 1.87. The first-order valence-electron chi connectivity index (χ1n) is 7.18. The molecule has 0 saturated heterocycles. The lowest BCUT2D eigenvalue weighted by atomic mass is 10.0. The first-order chi connectivity index (χ1) is 9.47. The van der Waals surface area contributed by atoms with Crippen LogP contribution in [0.2, 0.25) is 0 Å². The number of nitrogens with one attached hydrogen (secondary N) is 1. The van der Waals surface area contributed by atoms with Crippen LogP contribution in [0, 0.1) is 0 Å². The highest BCUT2D eigenvalue weighted by Gasteiger charge is 2.26. The second-order valence-electron chi connectivity index (χ2n) is 5.81. The van der Waals surface area contributed by atoms with Gasteiger partial charge in [0.25, 0.3) is 0 Å². The standard InChI is InChI=1S/C16H23NO3/c1-10(2)17-8-12(18)9-20-13-4-5-14-15(7-13)11(3)6-16(14)19/h4-5,7,10-12,17-18H,6,8-9H2,1-3H3. The van der Waals surface area contributed by atoms with Crippen molar-refractivity contribution in [2.24, 2.45) is 0 Å².